The standard InChI is InChI=1S/C18H17F2N5O3S3/c1-9-16(31(21,27)28)30-18(23-9)24(2)15(26)10-7-25(8-10)17-22-6-14(29-17)12-5-11(19)3-4-13(12)20/h3-6,10H,7-8H2,1-2H3,(H2,21,27,28). The second kappa shape index (κ2) is 7.89. The molecule has 0 bridgehead atoms. The summed E-state index contributed by atoms with van der Waals surface area (Å²) in [6.45, 7) is 2.31. The van der Waals surface area contributed by atoms with Crippen LogP contribution in [0.25, 0.3) is 10.4 Å². The third-order valence-electron chi connectivity index (χ3n) is 4.81. The fourth-order valence-electron chi connectivity index (χ4n) is 3.16. The number of nitrogens with two attached hydrogens (primary N) is 1. The minimum absolute atomic E-state index is 0.0720. The number of carbonyl (C=O) groups excluding carboxylic acids is 1. The number of sulfonamides is 1. The van der Waals surface area contributed by atoms with E-state index in [1.54, 1.807) is 0 Å². The van der Waals surface area contributed by atoms with Crippen molar-refractivity contribution in [1.29, 1.82) is 0 Å². The van der Waals surface area contributed by atoms with Gasteiger partial charge in [-0.05, 0) is 25.1 Å². The van der Waals surface area contributed by atoms with Crippen molar-refractivity contribution < 1.29 is 22.0 Å². The number of halogens is 2. The molecule has 1 aromatic carbocycles. The van der Waals surface area contributed by atoms with Gasteiger partial charge in [-0.15, -0.1) is 0 Å². The van der Waals surface area contributed by atoms with Crippen molar-refractivity contribution in [3.05, 3.63) is 41.7 Å². The smallest absolute Gasteiger partial charge is 0.249 e. The number of rotatable bonds is 5. The first-order valence-electron chi connectivity index (χ1n) is 8.98. The van der Waals surface area contributed by atoms with E-state index in [0.29, 0.717) is 23.1 Å². The van der Waals surface area contributed by atoms with Crippen LogP contribution < -0.4 is 14.9 Å². The lowest BCUT2D eigenvalue weighted by Gasteiger charge is -2.39. The highest BCUT2D eigenvalue weighted by molar-refractivity contribution is 7.91. The molecule has 4 rings (SSSR count). The summed E-state index contributed by atoms with van der Waals surface area (Å²) in [4.78, 5) is 24.8. The molecule has 2 aromatic heterocycles. The molecular weight excluding hydrogens is 468 g/mol. The van der Waals surface area contributed by atoms with Crippen LogP contribution in [0.15, 0.2) is 28.6 Å². The number of hydrogen-bond donors (Lipinski definition) is 1. The fourth-order valence-corrected chi connectivity index (χ4v) is 6.02. The van der Waals surface area contributed by atoms with Crippen LogP contribution in [0, 0.1) is 24.5 Å². The molecule has 1 saturated heterocycles. The number of benzene rings is 1. The summed E-state index contributed by atoms with van der Waals surface area (Å²) in [5, 5.41) is 6.03. The van der Waals surface area contributed by atoms with Gasteiger partial charge < -0.3 is 4.90 Å². The van der Waals surface area contributed by atoms with E-state index >= 15 is 0 Å². The van der Waals surface area contributed by atoms with Crippen LogP contribution in [0.4, 0.5) is 19.0 Å². The Bertz CT molecular complexity index is 1270. The summed E-state index contributed by atoms with van der Waals surface area (Å²) in [5.74, 6) is -1.61. The molecule has 31 heavy (non-hydrogen) atoms. The number of anilines is 2. The SMILES string of the molecule is Cc1nc(N(C)C(=O)C2CN(c3ncc(-c4cc(F)ccc4F)s3)C2)sc1S(N)(=O)=O. The number of amides is 1. The van der Waals surface area contributed by atoms with Gasteiger partial charge in [0.25, 0.3) is 0 Å². The maximum Gasteiger partial charge on any atom is 0.249 e. The molecule has 164 valence electrons. The Morgan fingerprint density at radius 2 is 2.00 bits per heavy atom. The second-order valence-electron chi connectivity index (χ2n) is 7.04. The average molecular weight is 486 g/mol. The van der Waals surface area contributed by atoms with Gasteiger partial charge in [0.2, 0.25) is 15.9 Å². The van der Waals surface area contributed by atoms with Gasteiger partial charge in [-0.25, -0.2) is 32.3 Å². The maximum atomic E-state index is 14.0. The zero-order valence-corrected chi connectivity index (χ0v) is 18.8. The molecule has 0 radical (unpaired) electrons. The highest BCUT2D eigenvalue weighted by Crippen LogP contribution is 2.36. The van der Waals surface area contributed by atoms with Gasteiger partial charge in [0.05, 0.1) is 16.5 Å². The predicted molar refractivity (Wildman–Crippen MR) is 115 cm³/mol. The minimum atomic E-state index is -3.90. The first kappa shape index (κ1) is 21.7. The molecule has 8 nitrogen and oxygen atoms in total. The van der Waals surface area contributed by atoms with Crippen LogP contribution in [0.5, 0.6) is 0 Å². The molecule has 0 aliphatic carbocycles. The van der Waals surface area contributed by atoms with E-state index in [1.165, 1.54) is 36.4 Å². The van der Waals surface area contributed by atoms with Gasteiger partial charge in [0, 0.05) is 31.9 Å². The summed E-state index contributed by atoms with van der Waals surface area (Å²) >= 11 is 2.06. The Labute approximate surface area is 185 Å². The fraction of sp³-hybridized carbons (Fsp3) is 0.278. The third-order valence-corrected chi connectivity index (χ3v) is 8.69. The topological polar surface area (TPSA) is 109 Å². The predicted octanol–water partition coefficient (Wildman–Crippen LogP) is 2.60. The van der Waals surface area contributed by atoms with Crippen molar-refractivity contribution in [2.45, 2.75) is 11.1 Å². The largest absolute Gasteiger partial charge is 0.346 e. The quantitative estimate of drug-likeness (QED) is 0.595. The molecule has 1 aliphatic rings. The van der Waals surface area contributed by atoms with Crippen molar-refractivity contribution >= 4 is 48.9 Å². The van der Waals surface area contributed by atoms with Crippen LogP contribution in [-0.4, -0.2) is 44.4 Å². The van der Waals surface area contributed by atoms with Crippen LogP contribution in [0.2, 0.25) is 0 Å². The minimum Gasteiger partial charge on any atom is -0.346 e. The van der Waals surface area contributed by atoms with Gasteiger partial charge >= 0.3 is 0 Å². The number of nitrogens with zero attached hydrogens (tertiary/aromatic N) is 4. The Kier molecular flexibility index (Phi) is 5.54. The molecule has 3 aromatic rings. The molecule has 13 heteroatoms. The van der Waals surface area contributed by atoms with Crippen molar-refractivity contribution in [2.24, 2.45) is 11.1 Å². The van der Waals surface area contributed by atoms with E-state index in [1.807, 2.05) is 4.90 Å². The monoisotopic (exact) mass is 485 g/mol. The van der Waals surface area contributed by atoms with Crippen molar-refractivity contribution in [3.8, 4) is 10.4 Å². The number of aromatic nitrogens is 2. The molecular formula is C18H17F2N5O3S3. The van der Waals surface area contributed by atoms with Gasteiger partial charge in [0.15, 0.2) is 14.5 Å². The van der Waals surface area contributed by atoms with E-state index in [2.05, 4.69) is 9.97 Å². The highest BCUT2D eigenvalue weighted by atomic mass is 32.2. The maximum absolute atomic E-state index is 14.0. The Balaban J connectivity index is 1.43. The van der Waals surface area contributed by atoms with E-state index < -0.39 is 21.7 Å². The summed E-state index contributed by atoms with van der Waals surface area (Å²) in [7, 11) is -2.37. The number of thiazole rings is 2. The Hall–Kier alpha value is -2.48. The zero-order chi connectivity index (χ0) is 22.5. The van der Waals surface area contributed by atoms with E-state index in [9.17, 15) is 22.0 Å². The van der Waals surface area contributed by atoms with E-state index in [4.69, 9.17) is 5.14 Å². The van der Waals surface area contributed by atoms with Crippen LogP contribution in [0.1, 0.15) is 5.69 Å². The van der Waals surface area contributed by atoms with Gasteiger partial charge in [-0.1, -0.05) is 22.7 Å². The van der Waals surface area contributed by atoms with Crippen molar-refractivity contribution in [2.75, 3.05) is 29.9 Å². The Morgan fingerprint density at radius 1 is 1.29 bits per heavy atom. The summed E-state index contributed by atoms with van der Waals surface area (Å²) in [6.07, 6.45) is 1.48. The molecule has 1 fully saturated rings. The summed E-state index contributed by atoms with van der Waals surface area (Å²) < 4.78 is 50.5. The summed E-state index contributed by atoms with van der Waals surface area (Å²) in [6, 6.07) is 3.24. The molecule has 0 unspecified atom stereocenters. The lowest BCUT2D eigenvalue weighted by Crippen LogP contribution is -2.54. The molecule has 0 spiro atoms. The van der Waals surface area contributed by atoms with Gasteiger partial charge in [-0.3, -0.25) is 9.69 Å². The number of primary sulfonamides is 1. The van der Waals surface area contributed by atoms with Crippen LogP contribution >= 0.6 is 22.7 Å². The number of hydrogen-bond acceptors (Lipinski definition) is 8. The Morgan fingerprint density at radius 3 is 2.65 bits per heavy atom. The number of carbonyl (C=O) groups is 1. The van der Waals surface area contributed by atoms with E-state index in [0.717, 1.165) is 29.5 Å². The highest BCUT2D eigenvalue weighted by Gasteiger charge is 2.37. The normalized spacial score (nSPS) is 14.5. The molecule has 0 atom stereocenters. The number of aryl methyl sites for hydroxylation is 1. The average Bonchev–Trinajstić information content (AvgIpc) is 3.28. The van der Waals surface area contributed by atoms with E-state index in [-0.39, 0.29) is 32.4 Å². The third kappa shape index (κ3) is 4.18. The van der Waals surface area contributed by atoms with Crippen molar-refractivity contribution in [1.82, 2.24) is 9.97 Å². The molecule has 1 aliphatic heterocycles. The van der Waals surface area contributed by atoms with Gasteiger partial charge in [0.1, 0.15) is 11.6 Å². The molecule has 2 N–H and O–H groups in total. The first-order valence-corrected chi connectivity index (χ1v) is 12.2. The molecule has 3 heterocycles. The first-order chi connectivity index (χ1) is 14.5. The lowest BCUT2D eigenvalue weighted by atomic mass is 10.00. The lowest BCUT2D eigenvalue weighted by molar-refractivity contribution is -0.122. The second-order valence-corrected chi connectivity index (χ2v) is 10.8. The molecule has 1 amide bonds. The zero-order valence-electron chi connectivity index (χ0n) is 16.4. The molecule has 0 saturated carbocycles. The van der Waals surface area contributed by atoms with Crippen LogP contribution in [0.3, 0.4) is 0 Å². The van der Waals surface area contributed by atoms with Gasteiger partial charge in [-0.2, -0.15) is 0 Å². The van der Waals surface area contributed by atoms with Crippen LogP contribution in [-0.2, 0) is 14.8 Å². The summed E-state index contributed by atoms with van der Waals surface area (Å²) in [5.41, 5.74) is 0.388. The van der Waals surface area contributed by atoms with Crippen molar-refractivity contribution in [3.63, 3.8) is 0 Å².